The summed E-state index contributed by atoms with van der Waals surface area (Å²) >= 11 is 1.66. The minimum Gasteiger partial charge on any atom is -0.380 e. The SMILES string of the molecule is CC[C@H](CNc1c(N[C@H](C)Cc2ccsc2)c(=O)c1=O)Cc1c(C)cccc1C. The number of anilines is 2. The van der Waals surface area contributed by atoms with Crippen molar-refractivity contribution in [1.82, 2.24) is 0 Å². The molecule has 2 aromatic carbocycles. The Kier molecular flexibility index (Phi) is 6.91. The first-order chi connectivity index (χ1) is 13.9. The largest absolute Gasteiger partial charge is 0.380 e. The number of nitrogens with one attached hydrogen (secondary N) is 2. The summed E-state index contributed by atoms with van der Waals surface area (Å²) in [6.45, 7) is 9.19. The zero-order valence-corrected chi connectivity index (χ0v) is 18.5. The third-order valence-corrected chi connectivity index (χ3v) is 6.44. The van der Waals surface area contributed by atoms with Gasteiger partial charge in [-0.3, -0.25) is 9.59 Å². The molecule has 0 aliphatic rings. The molecule has 0 aliphatic heterocycles. The summed E-state index contributed by atoms with van der Waals surface area (Å²) in [5.41, 5.74) is 5.32. The van der Waals surface area contributed by atoms with Crippen molar-refractivity contribution in [2.45, 2.75) is 53.0 Å². The molecule has 0 radical (unpaired) electrons. The molecule has 0 saturated heterocycles. The summed E-state index contributed by atoms with van der Waals surface area (Å²) in [5.74, 6) is 0.398. The number of hydrogen-bond acceptors (Lipinski definition) is 5. The van der Waals surface area contributed by atoms with E-state index in [9.17, 15) is 9.59 Å². The van der Waals surface area contributed by atoms with E-state index in [2.05, 4.69) is 61.1 Å². The van der Waals surface area contributed by atoms with Crippen LogP contribution in [0.4, 0.5) is 11.4 Å². The van der Waals surface area contributed by atoms with Crippen LogP contribution in [0.1, 0.15) is 42.5 Å². The van der Waals surface area contributed by atoms with Crippen molar-refractivity contribution in [3.05, 3.63) is 77.7 Å². The van der Waals surface area contributed by atoms with Gasteiger partial charge in [0.25, 0.3) is 10.9 Å². The van der Waals surface area contributed by atoms with Gasteiger partial charge in [0.05, 0.1) is 0 Å². The van der Waals surface area contributed by atoms with E-state index in [1.165, 1.54) is 22.3 Å². The molecule has 1 heterocycles. The zero-order chi connectivity index (χ0) is 21.0. The summed E-state index contributed by atoms with van der Waals surface area (Å²) in [6, 6.07) is 8.56. The summed E-state index contributed by atoms with van der Waals surface area (Å²) in [7, 11) is 0. The van der Waals surface area contributed by atoms with E-state index in [0.717, 1.165) is 19.3 Å². The smallest absolute Gasteiger partial charge is 0.253 e. The predicted molar refractivity (Wildman–Crippen MR) is 124 cm³/mol. The maximum Gasteiger partial charge on any atom is 0.253 e. The molecular formula is C24H30N2O2S. The highest BCUT2D eigenvalue weighted by Crippen LogP contribution is 2.22. The Bertz CT molecular complexity index is 996. The molecule has 0 bridgehead atoms. The third kappa shape index (κ3) is 4.96. The normalized spacial score (nSPS) is 13.4. The number of rotatable bonds is 10. The lowest BCUT2D eigenvalue weighted by Gasteiger charge is -2.22. The molecule has 0 amide bonds. The van der Waals surface area contributed by atoms with Crippen molar-refractivity contribution in [3.8, 4) is 0 Å². The van der Waals surface area contributed by atoms with Gasteiger partial charge >= 0.3 is 0 Å². The second-order valence-corrected chi connectivity index (χ2v) is 8.80. The fraction of sp³-hybridized carbons (Fsp3) is 0.417. The van der Waals surface area contributed by atoms with Crippen molar-refractivity contribution < 1.29 is 0 Å². The van der Waals surface area contributed by atoms with Crippen LogP contribution in [0.15, 0.2) is 44.6 Å². The van der Waals surface area contributed by atoms with Crippen LogP contribution >= 0.6 is 11.3 Å². The third-order valence-electron chi connectivity index (χ3n) is 5.71. The van der Waals surface area contributed by atoms with Gasteiger partial charge in [0.2, 0.25) is 0 Å². The van der Waals surface area contributed by atoms with Crippen molar-refractivity contribution in [1.29, 1.82) is 0 Å². The first kappa shape index (κ1) is 21.3. The molecule has 1 aromatic heterocycles. The summed E-state index contributed by atoms with van der Waals surface area (Å²) < 4.78 is 0. The van der Waals surface area contributed by atoms with E-state index in [1.54, 1.807) is 11.3 Å². The van der Waals surface area contributed by atoms with Crippen molar-refractivity contribution in [2.24, 2.45) is 5.92 Å². The highest BCUT2D eigenvalue weighted by atomic mass is 32.1. The van der Waals surface area contributed by atoms with Gasteiger partial charge in [-0.05, 0) is 78.6 Å². The van der Waals surface area contributed by atoms with E-state index in [1.807, 2.05) is 12.3 Å². The standard InChI is InChI=1S/C24H30N2O2S/c1-5-18(12-20-15(2)7-6-8-16(20)3)13-25-21-22(24(28)23(21)27)26-17(4)11-19-9-10-29-14-19/h6-10,14,17-18,25-26H,5,11-13H2,1-4H3/t17-,18+/m1/s1. The van der Waals surface area contributed by atoms with Gasteiger partial charge in [0, 0.05) is 12.6 Å². The Morgan fingerprint density at radius 3 is 2.31 bits per heavy atom. The molecule has 0 saturated carbocycles. The fourth-order valence-electron chi connectivity index (χ4n) is 3.82. The van der Waals surface area contributed by atoms with Crippen LogP contribution in [0, 0.1) is 19.8 Å². The number of aryl methyl sites for hydroxylation is 2. The molecular weight excluding hydrogens is 380 g/mol. The summed E-state index contributed by atoms with van der Waals surface area (Å²) in [5, 5.41) is 10.7. The molecule has 3 aromatic rings. The number of hydrogen-bond donors (Lipinski definition) is 2. The maximum atomic E-state index is 12.1. The van der Waals surface area contributed by atoms with Crippen LogP contribution in [0.3, 0.4) is 0 Å². The molecule has 2 N–H and O–H groups in total. The zero-order valence-electron chi connectivity index (χ0n) is 17.7. The molecule has 0 fully saturated rings. The Morgan fingerprint density at radius 1 is 1.00 bits per heavy atom. The van der Waals surface area contributed by atoms with E-state index >= 15 is 0 Å². The molecule has 5 heteroatoms. The quantitative estimate of drug-likeness (QED) is 0.476. The molecule has 3 rings (SSSR count). The van der Waals surface area contributed by atoms with Gasteiger partial charge in [-0.2, -0.15) is 11.3 Å². The Morgan fingerprint density at radius 2 is 1.69 bits per heavy atom. The molecule has 0 unspecified atom stereocenters. The molecule has 29 heavy (non-hydrogen) atoms. The van der Waals surface area contributed by atoms with Gasteiger partial charge in [0.1, 0.15) is 11.4 Å². The minimum absolute atomic E-state index is 0.0880. The molecule has 4 nitrogen and oxygen atoms in total. The number of benzene rings is 1. The highest BCUT2D eigenvalue weighted by Gasteiger charge is 2.23. The Labute approximate surface area is 176 Å². The summed E-state index contributed by atoms with van der Waals surface area (Å²) in [6.07, 6.45) is 2.80. The van der Waals surface area contributed by atoms with Crippen LogP contribution in [-0.4, -0.2) is 12.6 Å². The predicted octanol–water partition coefficient (Wildman–Crippen LogP) is 4.68. The second-order valence-electron chi connectivity index (χ2n) is 8.02. The van der Waals surface area contributed by atoms with Crippen LogP contribution in [-0.2, 0) is 12.8 Å². The van der Waals surface area contributed by atoms with Crippen LogP contribution in [0.25, 0.3) is 0 Å². The minimum atomic E-state index is -0.410. The van der Waals surface area contributed by atoms with Crippen LogP contribution in [0.2, 0.25) is 0 Å². The molecule has 154 valence electrons. The first-order valence-electron chi connectivity index (χ1n) is 10.3. The lowest BCUT2D eigenvalue weighted by molar-refractivity contribution is 0.531. The molecule has 0 spiro atoms. The van der Waals surface area contributed by atoms with E-state index in [4.69, 9.17) is 0 Å². The van der Waals surface area contributed by atoms with Gasteiger partial charge in [-0.25, -0.2) is 0 Å². The molecule has 2 atom stereocenters. The topological polar surface area (TPSA) is 58.2 Å². The first-order valence-corrected chi connectivity index (χ1v) is 11.2. The average Bonchev–Trinajstić information content (AvgIpc) is 3.21. The fourth-order valence-corrected chi connectivity index (χ4v) is 4.51. The van der Waals surface area contributed by atoms with E-state index in [-0.39, 0.29) is 6.04 Å². The molecule has 0 aliphatic carbocycles. The highest BCUT2D eigenvalue weighted by molar-refractivity contribution is 7.07. The monoisotopic (exact) mass is 410 g/mol. The Balaban J connectivity index is 1.63. The van der Waals surface area contributed by atoms with Crippen LogP contribution < -0.4 is 21.5 Å². The van der Waals surface area contributed by atoms with Gasteiger partial charge in [0.15, 0.2) is 0 Å². The lowest BCUT2D eigenvalue weighted by Crippen LogP contribution is -2.40. The number of thiophene rings is 1. The van der Waals surface area contributed by atoms with Crippen molar-refractivity contribution in [2.75, 3.05) is 17.2 Å². The van der Waals surface area contributed by atoms with Crippen LogP contribution in [0.5, 0.6) is 0 Å². The van der Waals surface area contributed by atoms with E-state index in [0.29, 0.717) is 23.8 Å². The maximum absolute atomic E-state index is 12.1. The Hall–Kier alpha value is -2.40. The second kappa shape index (κ2) is 9.40. The van der Waals surface area contributed by atoms with Gasteiger partial charge < -0.3 is 10.6 Å². The summed E-state index contributed by atoms with van der Waals surface area (Å²) in [4.78, 5) is 24.2. The van der Waals surface area contributed by atoms with Crippen molar-refractivity contribution >= 4 is 22.7 Å². The van der Waals surface area contributed by atoms with Crippen molar-refractivity contribution in [3.63, 3.8) is 0 Å². The lowest BCUT2D eigenvalue weighted by atomic mass is 9.91. The van der Waals surface area contributed by atoms with Gasteiger partial charge in [-0.1, -0.05) is 31.5 Å². The van der Waals surface area contributed by atoms with Gasteiger partial charge in [-0.15, -0.1) is 0 Å². The van der Waals surface area contributed by atoms with E-state index < -0.39 is 10.9 Å². The average molecular weight is 411 g/mol.